The molecule has 1 saturated heterocycles. The Kier molecular flexibility index (Phi) is 4.97. The molecule has 0 bridgehead atoms. The molecule has 1 fully saturated rings. The number of aliphatic hydroxyl groups is 1. The van der Waals surface area contributed by atoms with Gasteiger partial charge in [-0.05, 0) is 24.6 Å². The number of hydrogen-bond acceptors (Lipinski definition) is 5. The molecule has 1 aliphatic rings. The molecule has 1 aromatic carbocycles. The highest BCUT2D eigenvalue weighted by molar-refractivity contribution is 5.42. The van der Waals surface area contributed by atoms with Gasteiger partial charge in [0.1, 0.15) is 29.6 Å². The minimum absolute atomic E-state index is 0.152. The summed E-state index contributed by atoms with van der Waals surface area (Å²) in [6.07, 6.45) is 2.37. The van der Waals surface area contributed by atoms with Crippen molar-refractivity contribution in [1.82, 2.24) is 9.88 Å². The Morgan fingerprint density at radius 3 is 3.04 bits per heavy atom. The smallest absolute Gasteiger partial charge is 0.130 e. The second-order valence-corrected chi connectivity index (χ2v) is 6.19. The zero-order chi connectivity index (χ0) is 17.0. The lowest BCUT2D eigenvalue weighted by molar-refractivity contribution is 0.00330. The minimum atomic E-state index is -0.922. The zero-order valence-corrected chi connectivity index (χ0v) is 13.7. The summed E-state index contributed by atoms with van der Waals surface area (Å²) in [6.45, 7) is 2.16. The van der Waals surface area contributed by atoms with Gasteiger partial charge >= 0.3 is 0 Å². The highest BCUT2D eigenvalue weighted by atomic mass is 19.1. The van der Waals surface area contributed by atoms with Gasteiger partial charge in [-0.3, -0.25) is 4.90 Å². The Balaban J connectivity index is 1.57. The van der Waals surface area contributed by atoms with E-state index < -0.39 is 5.60 Å². The van der Waals surface area contributed by atoms with E-state index >= 15 is 0 Å². The normalized spacial score (nSPS) is 21.0. The average molecular weight is 331 g/mol. The molecule has 24 heavy (non-hydrogen) atoms. The quantitative estimate of drug-likeness (QED) is 0.850. The maximum Gasteiger partial charge on any atom is 0.130 e. The molecule has 1 atom stereocenters. The van der Waals surface area contributed by atoms with Crippen molar-refractivity contribution in [1.29, 1.82) is 0 Å². The third-order valence-corrected chi connectivity index (χ3v) is 4.24. The molecule has 3 rings (SSSR count). The van der Waals surface area contributed by atoms with E-state index in [1.165, 1.54) is 12.1 Å². The second kappa shape index (κ2) is 7.15. The second-order valence-electron chi connectivity index (χ2n) is 6.19. The Morgan fingerprint density at radius 2 is 2.25 bits per heavy atom. The Hall–Kier alpha value is -2.18. The fourth-order valence-electron chi connectivity index (χ4n) is 3.00. The Bertz CT molecular complexity index is 697. The monoisotopic (exact) mass is 331 g/mol. The molecule has 5 nitrogen and oxygen atoms in total. The lowest BCUT2D eigenvalue weighted by atomic mass is 10.1. The minimum Gasteiger partial charge on any atom is -0.490 e. The number of hydrogen-bond donors (Lipinski definition) is 2. The van der Waals surface area contributed by atoms with Gasteiger partial charge in [0.05, 0.1) is 0 Å². The van der Waals surface area contributed by atoms with E-state index in [1.54, 1.807) is 18.3 Å². The maximum absolute atomic E-state index is 13.2. The molecule has 2 heterocycles. The van der Waals surface area contributed by atoms with Crippen LogP contribution in [-0.4, -0.2) is 47.3 Å². The van der Waals surface area contributed by atoms with Gasteiger partial charge in [0.25, 0.3) is 0 Å². The SMILES string of the molecule is CNc1ncccc1CN1CCC(O)(COc2cccc(F)c2)C1. The first-order valence-corrected chi connectivity index (χ1v) is 8.03. The number of β-amino-alcohol motifs (C(OH)–C–C–N with tert-alkyl or cyclic N) is 1. The molecule has 2 N–H and O–H groups in total. The van der Waals surface area contributed by atoms with Crippen LogP contribution < -0.4 is 10.1 Å². The van der Waals surface area contributed by atoms with Crippen LogP contribution in [0.4, 0.5) is 10.2 Å². The van der Waals surface area contributed by atoms with Crippen molar-refractivity contribution in [2.45, 2.75) is 18.6 Å². The van der Waals surface area contributed by atoms with Gasteiger partial charge in [-0.25, -0.2) is 9.37 Å². The highest BCUT2D eigenvalue weighted by Gasteiger charge is 2.37. The number of nitrogens with one attached hydrogen (secondary N) is 1. The van der Waals surface area contributed by atoms with Crippen molar-refractivity contribution in [2.24, 2.45) is 0 Å². The van der Waals surface area contributed by atoms with E-state index in [2.05, 4.69) is 15.2 Å². The number of pyridine rings is 1. The van der Waals surface area contributed by atoms with Crippen LogP contribution in [0.2, 0.25) is 0 Å². The number of ether oxygens (including phenoxy) is 1. The fourth-order valence-corrected chi connectivity index (χ4v) is 3.00. The van der Waals surface area contributed by atoms with Crippen molar-refractivity contribution in [3.05, 3.63) is 54.0 Å². The van der Waals surface area contributed by atoms with Gasteiger partial charge in [-0.15, -0.1) is 0 Å². The predicted octanol–water partition coefficient (Wildman–Crippen LogP) is 2.28. The third kappa shape index (κ3) is 4.01. The Morgan fingerprint density at radius 1 is 1.38 bits per heavy atom. The summed E-state index contributed by atoms with van der Waals surface area (Å²) in [7, 11) is 1.85. The molecule has 1 unspecified atom stereocenters. The molecule has 0 spiro atoms. The molecule has 128 valence electrons. The lowest BCUT2D eigenvalue weighted by Crippen LogP contribution is -2.39. The van der Waals surface area contributed by atoms with Crippen molar-refractivity contribution >= 4 is 5.82 Å². The molecule has 0 amide bonds. The molecule has 0 aliphatic carbocycles. The van der Waals surface area contributed by atoms with Crippen LogP contribution in [0.3, 0.4) is 0 Å². The summed E-state index contributed by atoms with van der Waals surface area (Å²) < 4.78 is 18.8. The van der Waals surface area contributed by atoms with Crippen molar-refractivity contribution in [2.75, 3.05) is 32.1 Å². The van der Waals surface area contributed by atoms with Gasteiger partial charge in [0.15, 0.2) is 0 Å². The van der Waals surface area contributed by atoms with E-state index in [4.69, 9.17) is 4.74 Å². The molecule has 6 heteroatoms. The number of likely N-dealkylation sites (tertiary alicyclic amines) is 1. The average Bonchev–Trinajstić information content (AvgIpc) is 2.95. The van der Waals surface area contributed by atoms with Gasteiger partial charge in [-0.2, -0.15) is 0 Å². The van der Waals surface area contributed by atoms with Crippen LogP contribution in [0.5, 0.6) is 5.75 Å². The van der Waals surface area contributed by atoms with Crippen LogP contribution in [0.1, 0.15) is 12.0 Å². The summed E-state index contributed by atoms with van der Waals surface area (Å²) in [5, 5.41) is 13.8. The summed E-state index contributed by atoms with van der Waals surface area (Å²) in [5.41, 5.74) is 0.171. The molecular formula is C18H22FN3O2. The van der Waals surface area contributed by atoms with E-state index in [1.807, 2.05) is 19.2 Å². The first-order chi connectivity index (χ1) is 11.6. The first-order valence-electron chi connectivity index (χ1n) is 8.03. The van der Waals surface area contributed by atoms with Crippen molar-refractivity contribution in [3.63, 3.8) is 0 Å². The number of benzene rings is 1. The van der Waals surface area contributed by atoms with Crippen LogP contribution >= 0.6 is 0 Å². The summed E-state index contributed by atoms with van der Waals surface area (Å²) in [5.74, 6) is 0.944. The van der Waals surface area contributed by atoms with E-state index in [9.17, 15) is 9.50 Å². The van der Waals surface area contributed by atoms with Crippen LogP contribution in [0, 0.1) is 5.82 Å². The molecule has 0 saturated carbocycles. The number of aromatic nitrogens is 1. The summed E-state index contributed by atoms with van der Waals surface area (Å²) in [6, 6.07) is 9.91. The largest absolute Gasteiger partial charge is 0.490 e. The molecule has 0 radical (unpaired) electrons. The van der Waals surface area contributed by atoms with Crippen molar-refractivity contribution in [3.8, 4) is 5.75 Å². The van der Waals surface area contributed by atoms with Crippen LogP contribution in [0.25, 0.3) is 0 Å². The topological polar surface area (TPSA) is 57.6 Å². The lowest BCUT2D eigenvalue weighted by Gasteiger charge is -2.24. The predicted molar refractivity (Wildman–Crippen MR) is 90.5 cm³/mol. The first kappa shape index (κ1) is 16.7. The van der Waals surface area contributed by atoms with Crippen LogP contribution in [-0.2, 0) is 6.54 Å². The summed E-state index contributed by atoms with van der Waals surface area (Å²) >= 11 is 0. The van der Waals surface area contributed by atoms with Gasteiger partial charge in [-0.1, -0.05) is 12.1 Å². The van der Waals surface area contributed by atoms with Gasteiger partial charge < -0.3 is 15.2 Å². The summed E-state index contributed by atoms with van der Waals surface area (Å²) in [4.78, 5) is 6.47. The zero-order valence-electron chi connectivity index (χ0n) is 13.7. The Labute approximate surface area is 141 Å². The van der Waals surface area contributed by atoms with E-state index in [-0.39, 0.29) is 12.4 Å². The molecular weight excluding hydrogens is 309 g/mol. The highest BCUT2D eigenvalue weighted by Crippen LogP contribution is 2.25. The van der Waals surface area contributed by atoms with Gasteiger partial charge in [0.2, 0.25) is 0 Å². The van der Waals surface area contributed by atoms with Crippen molar-refractivity contribution < 1.29 is 14.2 Å². The number of nitrogens with zero attached hydrogens (tertiary/aromatic N) is 2. The number of rotatable bonds is 6. The van der Waals surface area contributed by atoms with E-state index in [0.717, 1.165) is 17.9 Å². The molecule has 1 aromatic heterocycles. The molecule has 2 aromatic rings. The molecule has 1 aliphatic heterocycles. The fraction of sp³-hybridized carbons (Fsp3) is 0.389. The number of halogens is 1. The van der Waals surface area contributed by atoms with E-state index in [0.29, 0.717) is 25.3 Å². The number of anilines is 1. The third-order valence-electron chi connectivity index (χ3n) is 4.24. The standard InChI is InChI=1S/C18H22FN3O2/c1-20-17-14(4-3-8-21-17)11-22-9-7-18(23,12-22)13-24-16-6-2-5-15(19)10-16/h2-6,8,10,23H,7,9,11-13H2,1H3,(H,20,21). The van der Waals surface area contributed by atoms with Gasteiger partial charge in [0, 0.05) is 44.5 Å². The maximum atomic E-state index is 13.2. The van der Waals surface area contributed by atoms with Crippen LogP contribution in [0.15, 0.2) is 42.6 Å².